The minimum absolute atomic E-state index is 0.0828. The van der Waals surface area contributed by atoms with Gasteiger partial charge in [-0.25, -0.2) is 8.42 Å². The van der Waals surface area contributed by atoms with Gasteiger partial charge in [0.1, 0.15) is 18.0 Å². The molecular formula is C10H10BrCl2NO5S. The molecule has 1 aromatic rings. The Kier molecular flexibility index (Phi) is 6.70. The van der Waals surface area contributed by atoms with Crippen molar-refractivity contribution in [1.82, 2.24) is 4.72 Å². The van der Waals surface area contributed by atoms with Crippen molar-refractivity contribution in [3.8, 4) is 0 Å². The second-order valence-electron chi connectivity index (χ2n) is 3.47. The highest BCUT2D eigenvalue weighted by Gasteiger charge is 2.23. The summed E-state index contributed by atoms with van der Waals surface area (Å²) < 4.78 is 31.1. The molecule has 0 aliphatic carbocycles. The molecule has 20 heavy (non-hydrogen) atoms. The molecule has 0 fully saturated rings. The lowest BCUT2D eigenvalue weighted by molar-refractivity contribution is -0.143. The number of benzene rings is 1. The van der Waals surface area contributed by atoms with Gasteiger partial charge >= 0.3 is 5.97 Å². The number of hydrogen-bond acceptors (Lipinski definition) is 5. The molecule has 0 unspecified atom stereocenters. The molecule has 0 heterocycles. The summed E-state index contributed by atoms with van der Waals surface area (Å²) in [6, 6.07) is 2.73. The van der Waals surface area contributed by atoms with Crippen LogP contribution in [-0.4, -0.2) is 39.3 Å². The molecule has 0 bridgehead atoms. The van der Waals surface area contributed by atoms with Gasteiger partial charge in [-0.05, 0) is 12.1 Å². The number of rotatable bonds is 6. The van der Waals surface area contributed by atoms with Crippen LogP contribution in [0.1, 0.15) is 0 Å². The van der Waals surface area contributed by atoms with E-state index in [0.29, 0.717) is 4.47 Å². The average Bonchev–Trinajstić information content (AvgIpc) is 2.32. The fraction of sp³-hybridized carbons (Fsp3) is 0.300. The normalized spacial score (nSPS) is 11.4. The van der Waals surface area contributed by atoms with E-state index >= 15 is 0 Å². The molecule has 112 valence electrons. The van der Waals surface area contributed by atoms with Gasteiger partial charge in [-0.2, -0.15) is 4.72 Å². The first-order chi connectivity index (χ1) is 9.27. The van der Waals surface area contributed by atoms with E-state index < -0.39 is 22.5 Å². The largest absolute Gasteiger partial charge is 0.462 e. The SMILES string of the molecule is O=C(CNS(=O)(=O)c1c(Cl)cc(Br)cc1Cl)OCCO. The van der Waals surface area contributed by atoms with Crippen LogP contribution < -0.4 is 4.72 Å². The van der Waals surface area contributed by atoms with Crippen molar-refractivity contribution in [2.75, 3.05) is 19.8 Å². The van der Waals surface area contributed by atoms with Crippen LogP contribution in [0.5, 0.6) is 0 Å². The first-order valence-corrected chi connectivity index (χ1v) is 8.22. The van der Waals surface area contributed by atoms with E-state index in [1.807, 2.05) is 4.72 Å². The van der Waals surface area contributed by atoms with Crippen LogP contribution in [0.4, 0.5) is 0 Å². The quantitative estimate of drug-likeness (QED) is 0.699. The lowest BCUT2D eigenvalue weighted by atomic mass is 10.4. The third kappa shape index (κ3) is 4.87. The van der Waals surface area contributed by atoms with E-state index in [1.54, 1.807) is 0 Å². The number of aliphatic hydroxyl groups excluding tert-OH is 1. The molecule has 6 nitrogen and oxygen atoms in total. The average molecular weight is 407 g/mol. The van der Waals surface area contributed by atoms with E-state index in [-0.39, 0.29) is 28.2 Å². The zero-order valence-electron chi connectivity index (χ0n) is 9.90. The van der Waals surface area contributed by atoms with Crippen LogP contribution in [0, 0.1) is 0 Å². The molecule has 1 aromatic carbocycles. The van der Waals surface area contributed by atoms with Gasteiger partial charge in [0.2, 0.25) is 10.0 Å². The molecule has 0 aliphatic heterocycles. The van der Waals surface area contributed by atoms with E-state index in [9.17, 15) is 13.2 Å². The van der Waals surface area contributed by atoms with E-state index in [2.05, 4.69) is 20.7 Å². The van der Waals surface area contributed by atoms with E-state index in [4.69, 9.17) is 28.3 Å². The number of carbonyl (C=O) groups is 1. The fourth-order valence-corrected chi connectivity index (χ4v) is 4.12. The maximum Gasteiger partial charge on any atom is 0.321 e. The van der Waals surface area contributed by atoms with Crippen LogP contribution in [-0.2, 0) is 19.6 Å². The third-order valence-electron chi connectivity index (χ3n) is 1.99. The van der Waals surface area contributed by atoms with Crippen molar-refractivity contribution in [1.29, 1.82) is 0 Å². The maximum absolute atomic E-state index is 12.0. The van der Waals surface area contributed by atoms with Crippen molar-refractivity contribution in [2.24, 2.45) is 0 Å². The first kappa shape index (κ1) is 17.7. The summed E-state index contributed by atoms with van der Waals surface area (Å²) in [5.74, 6) is -0.827. The molecule has 0 amide bonds. The molecule has 0 saturated heterocycles. The number of nitrogens with one attached hydrogen (secondary N) is 1. The number of halogens is 3. The molecule has 0 aromatic heterocycles. The molecule has 0 saturated carbocycles. The smallest absolute Gasteiger partial charge is 0.321 e. The summed E-state index contributed by atoms with van der Waals surface area (Å²) in [6.07, 6.45) is 0. The topological polar surface area (TPSA) is 92.7 Å². The fourth-order valence-electron chi connectivity index (χ4n) is 1.22. The standard InChI is InChI=1S/C10H10BrCl2NO5S/c11-6-3-7(12)10(8(13)4-6)20(17,18)14-5-9(16)19-2-1-15/h3-4,14-15H,1-2,5H2. The van der Waals surface area contributed by atoms with Crippen molar-refractivity contribution in [3.05, 3.63) is 26.7 Å². The summed E-state index contributed by atoms with van der Waals surface area (Å²) in [4.78, 5) is 10.8. The van der Waals surface area contributed by atoms with Gasteiger partial charge in [0.25, 0.3) is 0 Å². The number of ether oxygens (including phenoxy) is 1. The number of hydrogen-bond donors (Lipinski definition) is 2. The minimum atomic E-state index is -4.06. The van der Waals surface area contributed by atoms with Crippen LogP contribution in [0.25, 0.3) is 0 Å². The highest BCUT2D eigenvalue weighted by Crippen LogP contribution is 2.32. The lowest BCUT2D eigenvalue weighted by Crippen LogP contribution is -2.31. The van der Waals surface area contributed by atoms with Gasteiger partial charge in [-0.1, -0.05) is 39.1 Å². The minimum Gasteiger partial charge on any atom is -0.462 e. The summed E-state index contributed by atoms with van der Waals surface area (Å²) in [6.45, 7) is -1.14. The van der Waals surface area contributed by atoms with Gasteiger partial charge in [0.05, 0.1) is 16.7 Å². The Morgan fingerprint density at radius 3 is 2.40 bits per heavy atom. The Balaban J connectivity index is 2.87. The molecule has 10 heteroatoms. The van der Waals surface area contributed by atoms with Gasteiger partial charge in [-0.3, -0.25) is 4.79 Å². The Morgan fingerprint density at radius 1 is 1.35 bits per heavy atom. The predicted molar refractivity (Wildman–Crippen MR) is 77.4 cm³/mol. The van der Waals surface area contributed by atoms with Gasteiger partial charge in [0.15, 0.2) is 0 Å². The van der Waals surface area contributed by atoms with Crippen LogP contribution in [0.3, 0.4) is 0 Å². The Bertz CT molecular complexity index is 585. The van der Waals surface area contributed by atoms with Crippen molar-refractivity contribution in [3.63, 3.8) is 0 Å². The molecule has 0 aliphatic rings. The molecule has 0 atom stereocenters. The van der Waals surface area contributed by atoms with Crippen molar-refractivity contribution >= 4 is 55.1 Å². The Morgan fingerprint density at radius 2 is 1.90 bits per heavy atom. The lowest BCUT2D eigenvalue weighted by Gasteiger charge is -2.10. The first-order valence-electron chi connectivity index (χ1n) is 5.18. The number of esters is 1. The highest BCUT2D eigenvalue weighted by molar-refractivity contribution is 9.10. The zero-order chi connectivity index (χ0) is 15.3. The van der Waals surface area contributed by atoms with Crippen LogP contribution >= 0.6 is 39.1 Å². The number of carbonyl (C=O) groups excluding carboxylic acids is 1. The summed E-state index contributed by atoms with van der Waals surface area (Å²) in [7, 11) is -4.06. The second kappa shape index (κ2) is 7.58. The Labute approximate surface area is 134 Å². The third-order valence-corrected chi connectivity index (χ3v) is 4.77. The molecule has 0 radical (unpaired) electrons. The van der Waals surface area contributed by atoms with E-state index in [0.717, 1.165) is 0 Å². The van der Waals surface area contributed by atoms with Crippen LogP contribution in [0.2, 0.25) is 10.0 Å². The van der Waals surface area contributed by atoms with Gasteiger partial charge in [-0.15, -0.1) is 0 Å². The van der Waals surface area contributed by atoms with Crippen molar-refractivity contribution < 1.29 is 23.1 Å². The summed E-state index contributed by atoms with van der Waals surface area (Å²) >= 11 is 14.8. The van der Waals surface area contributed by atoms with Crippen LogP contribution in [0.15, 0.2) is 21.5 Å². The second-order valence-corrected chi connectivity index (χ2v) is 6.90. The van der Waals surface area contributed by atoms with E-state index in [1.165, 1.54) is 12.1 Å². The number of sulfonamides is 1. The molecular weight excluding hydrogens is 397 g/mol. The zero-order valence-corrected chi connectivity index (χ0v) is 13.8. The summed E-state index contributed by atoms with van der Waals surface area (Å²) in [5, 5.41) is 8.30. The number of aliphatic hydroxyl groups is 1. The molecule has 1 rings (SSSR count). The Hall–Kier alpha value is -0.380. The highest BCUT2D eigenvalue weighted by atomic mass is 79.9. The molecule has 2 N–H and O–H groups in total. The van der Waals surface area contributed by atoms with Gasteiger partial charge < -0.3 is 9.84 Å². The maximum atomic E-state index is 12.0. The molecule has 0 spiro atoms. The predicted octanol–water partition coefficient (Wildman–Crippen LogP) is 1.57. The summed E-state index contributed by atoms with van der Waals surface area (Å²) in [5.41, 5.74) is 0. The monoisotopic (exact) mass is 405 g/mol. The van der Waals surface area contributed by atoms with Crippen molar-refractivity contribution in [2.45, 2.75) is 4.90 Å². The van der Waals surface area contributed by atoms with Gasteiger partial charge in [0, 0.05) is 4.47 Å².